The van der Waals surface area contributed by atoms with Gasteiger partial charge in [0.25, 0.3) is 0 Å². The molecule has 0 aromatic heterocycles. The highest BCUT2D eigenvalue weighted by Crippen LogP contribution is 2.46. The van der Waals surface area contributed by atoms with Crippen molar-refractivity contribution in [2.24, 2.45) is 17.3 Å². The van der Waals surface area contributed by atoms with E-state index in [4.69, 9.17) is 0 Å². The van der Waals surface area contributed by atoms with Crippen LogP contribution in [0, 0.1) is 17.3 Å². The summed E-state index contributed by atoms with van der Waals surface area (Å²) in [4.78, 5) is 0. The minimum Gasteiger partial charge on any atom is -0.0909 e. The molecule has 1 unspecified atom stereocenters. The van der Waals surface area contributed by atoms with Gasteiger partial charge in [0, 0.05) is 0 Å². The van der Waals surface area contributed by atoms with Crippen LogP contribution in [0.25, 0.3) is 0 Å². The van der Waals surface area contributed by atoms with E-state index in [0.29, 0.717) is 11.3 Å². The Hall–Kier alpha value is -0.780. The lowest BCUT2D eigenvalue weighted by Gasteiger charge is -2.34. The van der Waals surface area contributed by atoms with Crippen molar-refractivity contribution in [3.8, 4) is 0 Å². The van der Waals surface area contributed by atoms with Gasteiger partial charge in [0.1, 0.15) is 0 Å². The minimum atomic E-state index is 0.443. The van der Waals surface area contributed by atoms with E-state index in [0.717, 1.165) is 5.92 Å². The van der Waals surface area contributed by atoms with Crippen LogP contribution in [0.5, 0.6) is 0 Å². The second-order valence-corrected chi connectivity index (χ2v) is 13.4. The Morgan fingerprint density at radius 3 is 1.56 bits per heavy atom. The molecule has 0 amide bonds. The van der Waals surface area contributed by atoms with Crippen LogP contribution in [0.2, 0.25) is 0 Å². The zero-order chi connectivity index (χ0) is 26.8. The molecular formula is C36H66. The van der Waals surface area contributed by atoms with Crippen LogP contribution in [-0.2, 0) is 0 Å². The molecule has 0 nitrogen and oxygen atoms in total. The maximum atomic E-state index is 4.37. The molecular weight excluding hydrogens is 432 g/mol. The highest BCUT2D eigenvalue weighted by molar-refractivity contribution is 5.68. The SMILES string of the molecule is C=C1C(=C)C(C(C)CCCC(C)(C)C)=C1CCCCC(CCCCCCCC)CCCCCCCC. The molecule has 1 aliphatic rings. The first kappa shape index (κ1) is 33.2. The molecule has 0 spiro atoms. The Bertz CT molecular complexity index is 609. The Balaban J connectivity index is 2.46. The zero-order valence-corrected chi connectivity index (χ0v) is 25.9. The molecule has 0 N–H and O–H groups in total. The Kier molecular flexibility index (Phi) is 17.8. The molecule has 210 valence electrons. The van der Waals surface area contributed by atoms with Crippen molar-refractivity contribution in [2.75, 3.05) is 0 Å². The van der Waals surface area contributed by atoms with Crippen LogP contribution in [0.3, 0.4) is 0 Å². The molecule has 36 heavy (non-hydrogen) atoms. The van der Waals surface area contributed by atoms with Crippen molar-refractivity contribution >= 4 is 0 Å². The summed E-state index contributed by atoms with van der Waals surface area (Å²) in [5.74, 6) is 1.61. The van der Waals surface area contributed by atoms with E-state index in [1.54, 1.807) is 11.1 Å². The van der Waals surface area contributed by atoms with Crippen molar-refractivity contribution in [1.29, 1.82) is 0 Å². The fourth-order valence-corrected chi connectivity index (χ4v) is 6.18. The van der Waals surface area contributed by atoms with Crippen LogP contribution < -0.4 is 0 Å². The number of hydrogen-bond acceptors (Lipinski definition) is 0. The Morgan fingerprint density at radius 2 is 1.06 bits per heavy atom. The van der Waals surface area contributed by atoms with E-state index in [9.17, 15) is 0 Å². The van der Waals surface area contributed by atoms with E-state index in [-0.39, 0.29) is 0 Å². The first-order valence-corrected chi connectivity index (χ1v) is 16.3. The lowest BCUT2D eigenvalue weighted by Crippen LogP contribution is -2.18. The van der Waals surface area contributed by atoms with Gasteiger partial charge in [-0.25, -0.2) is 0 Å². The minimum absolute atomic E-state index is 0.443. The first-order chi connectivity index (χ1) is 17.2. The molecule has 0 aromatic carbocycles. The summed E-state index contributed by atoms with van der Waals surface area (Å²) in [6.07, 6.45) is 29.5. The molecule has 0 saturated carbocycles. The maximum absolute atomic E-state index is 4.37. The molecule has 0 saturated heterocycles. The Morgan fingerprint density at radius 1 is 0.583 bits per heavy atom. The van der Waals surface area contributed by atoms with Crippen molar-refractivity contribution < 1.29 is 0 Å². The van der Waals surface area contributed by atoms with E-state index >= 15 is 0 Å². The summed E-state index contributed by atoms with van der Waals surface area (Å²) >= 11 is 0. The van der Waals surface area contributed by atoms with Gasteiger partial charge in [-0.2, -0.15) is 0 Å². The maximum Gasteiger partial charge on any atom is -0.0181 e. The standard InChI is InChI=1S/C36H66/c1-9-11-13-15-17-19-25-33(26-20-18-16-14-12-10-2)27-21-22-28-34-31(4)32(5)35(34)30(3)24-23-29-36(6,7)8/h30,33H,4-5,9-29H2,1-3,6-8H3. The molecule has 1 rings (SSSR count). The van der Waals surface area contributed by atoms with Crippen molar-refractivity contribution in [1.82, 2.24) is 0 Å². The molecule has 0 aliphatic heterocycles. The van der Waals surface area contributed by atoms with Crippen molar-refractivity contribution in [3.05, 3.63) is 35.5 Å². The first-order valence-electron chi connectivity index (χ1n) is 16.3. The number of rotatable bonds is 23. The molecule has 0 fully saturated rings. The Labute approximate surface area is 228 Å². The fourth-order valence-electron chi connectivity index (χ4n) is 6.18. The molecule has 1 aliphatic carbocycles. The molecule has 0 radical (unpaired) electrons. The van der Waals surface area contributed by atoms with Crippen LogP contribution in [0.1, 0.15) is 176 Å². The van der Waals surface area contributed by atoms with E-state index < -0.39 is 0 Å². The number of unbranched alkanes of at least 4 members (excludes halogenated alkanes) is 11. The predicted molar refractivity (Wildman–Crippen MR) is 166 cm³/mol. The van der Waals surface area contributed by atoms with Gasteiger partial charge in [-0.1, -0.05) is 164 Å². The monoisotopic (exact) mass is 499 g/mol. The number of allylic oxidation sites excluding steroid dienone is 4. The van der Waals surface area contributed by atoms with Gasteiger partial charge in [0.15, 0.2) is 0 Å². The van der Waals surface area contributed by atoms with Gasteiger partial charge in [0.05, 0.1) is 0 Å². The molecule has 0 aromatic rings. The zero-order valence-electron chi connectivity index (χ0n) is 25.9. The van der Waals surface area contributed by atoms with Crippen LogP contribution in [-0.4, -0.2) is 0 Å². The largest absolute Gasteiger partial charge is 0.0909 e. The van der Waals surface area contributed by atoms with Crippen molar-refractivity contribution in [2.45, 2.75) is 176 Å². The van der Waals surface area contributed by atoms with Crippen LogP contribution in [0.15, 0.2) is 35.5 Å². The number of hydrogen-bond donors (Lipinski definition) is 0. The quantitative estimate of drug-likeness (QED) is 0.123. The van der Waals surface area contributed by atoms with Crippen LogP contribution in [0.4, 0.5) is 0 Å². The normalized spacial score (nSPS) is 15.2. The average Bonchev–Trinajstić information content (AvgIpc) is 2.83. The summed E-state index contributed by atoms with van der Waals surface area (Å²) in [6.45, 7) is 22.9. The summed E-state index contributed by atoms with van der Waals surface area (Å²) < 4.78 is 0. The third kappa shape index (κ3) is 14.2. The highest BCUT2D eigenvalue weighted by atomic mass is 14.3. The topological polar surface area (TPSA) is 0 Å². The average molecular weight is 499 g/mol. The molecule has 0 heterocycles. The van der Waals surface area contributed by atoms with E-state index in [1.807, 2.05) is 0 Å². The van der Waals surface area contributed by atoms with Gasteiger partial charge >= 0.3 is 0 Å². The fraction of sp³-hybridized carbons (Fsp3) is 0.833. The summed E-state index contributed by atoms with van der Waals surface area (Å²) in [5.41, 5.74) is 6.12. The summed E-state index contributed by atoms with van der Waals surface area (Å²) in [7, 11) is 0. The lowest BCUT2D eigenvalue weighted by atomic mass is 9.70. The van der Waals surface area contributed by atoms with Crippen LogP contribution >= 0.6 is 0 Å². The third-order valence-corrected chi connectivity index (χ3v) is 8.66. The van der Waals surface area contributed by atoms with Gasteiger partial charge in [-0.05, 0) is 65.2 Å². The highest BCUT2D eigenvalue weighted by Gasteiger charge is 2.29. The van der Waals surface area contributed by atoms with Crippen molar-refractivity contribution in [3.63, 3.8) is 0 Å². The third-order valence-electron chi connectivity index (χ3n) is 8.66. The molecule has 1 atom stereocenters. The summed E-state index contributed by atoms with van der Waals surface area (Å²) in [5, 5.41) is 0. The van der Waals surface area contributed by atoms with Gasteiger partial charge in [-0.15, -0.1) is 0 Å². The van der Waals surface area contributed by atoms with E-state index in [1.165, 1.54) is 146 Å². The van der Waals surface area contributed by atoms with Gasteiger partial charge in [-0.3, -0.25) is 0 Å². The molecule has 0 bridgehead atoms. The van der Waals surface area contributed by atoms with Gasteiger partial charge < -0.3 is 0 Å². The second-order valence-electron chi connectivity index (χ2n) is 13.4. The smallest absolute Gasteiger partial charge is 0.0181 e. The predicted octanol–water partition coefficient (Wildman–Crippen LogP) is 12.9. The second kappa shape index (κ2) is 19.3. The lowest BCUT2D eigenvalue weighted by molar-refractivity contribution is 0.349. The van der Waals surface area contributed by atoms with E-state index in [2.05, 4.69) is 54.7 Å². The summed E-state index contributed by atoms with van der Waals surface area (Å²) in [6, 6.07) is 0. The van der Waals surface area contributed by atoms with Gasteiger partial charge in [0.2, 0.25) is 0 Å². The molecule has 0 heteroatoms.